The van der Waals surface area contributed by atoms with Gasteiger partial charge in [0.25, 0.3) is 0 Å². The quantitative estimate of drug-likeness (QED) is 0.0194. The van der Waals surface area contributed by atoms with Crippen molar-refractivity contribution in [2.75, 3.05) is 26.2 Å². The second-order valence-corrected chi connectivity index (χ2v) is 20.3. The van der Waals surface area contributed by atoms with Crippen LogP contribution in [0.1, 0.15) is 115 Å². The van der Waals surface area contributed by atoms with E-state index >= 15 is 0 Å². The van der Waals surface area contributed by atoms with Gasteiger partial charge in [0.15, 0.2) is 0 Å². The van der Waals surface area contributed by atoms with Crippen molar-refractivity contribution in [3.8, 4) is 0 Å². The second-order valence-electron chi connectivity index (χ2n) is 20.3. The van der Waals surface area contributed by atoms with Gasteiger partial charge in [-0.25, -0.2) is 28.8 Å². The van der Waals surface area contributed by atoms with Crippen LogP contribution >= 0.6 is 0 Å². The summed E-state index contributed by atoms with van der Waals surface area (Å²) in [7, 11) is 0. The minimum atomic E-state index is -0.662. The van der Waals surface area contributed by atoms with Gasteiger partial charge in [-0.2, -0.15) is 0 Å². The minimum Gasteiger partial charge on any atom is -0.445 e. The maximum absolute atomic E-state index is 12.9. The van der Waals surface area contributed by atoms with Crippen LogP contribution in [0.2, 0.25) is 0 Å². The molecule has 4 rings (SSSR count). The van der Waals surface area contributed by atoms with Gasteiger partial charge in [0.05, 0.1) is 24.2 Å². The van der Waals surface area contributed by atoms with Gasteiger partial charge in [0, 0.05) is 13.1 Å². The fourth-order valence-corrected chi connectivity index (χ4v) is 7.49. The Kier molecular flexibility index (Phi) is 30.2. The molecule has 6 amide bonds. The van der Waals surface area contributed by atoms with Crippen LogP contribution in [0, 0.1) is 0 Å². The first kappa shape index (κ1) is 64.7. The average Bonchev–Trinajstić information content (AvgIpc) is 3.40. The van der Waals surface area contributed by atoms with Crippen molar-refractivity contribution in [3.05, 3.63) is 144 Å². The number of ether oxygens (including phenoxy) is 6. The summed E-state index contributed by atoms with van der Waals surface area (Å²) in [6, 6.07) is 35.5. The molecule has 4 unspecified atom stereocenters. The molecule has 0 saturated carbocycles. The molecule has 0 spiro atoms. The second kappa shape index (κ2) is 36.5. The molecule has 0 heterocycles. The SMILES string of the molecule is CC(C)(C)OC(=O)NCCCC(NC(=O)OCc1ccccc1)C(CCCNC(=O)OC(C)(C)C)NC(=O)OCc1ccccc1.NCCCC(NC(=O)OCc1ccccc1)C(CCCN)NC(=O)OCc1ccccc1. The molecule has 20 nitrogen and oxygen atoms in total. The number of hydrogen-bond acceptors (Lipinski definition) is 14. The Hall–Kier alpha value is -7.58. The highest BCUT2D eigenvalue weighted by molar-refractivity contribution is 5.71. The van der Waals surface area contributed by atoms with E-state index in [-0.39, 0.29) is 51.6 Å². The number of nitrogens with two attached hydrogens (primary N) is 2. The predicted molar refractivity (Wildman–Crippen MR) is 298 cm³/mol. The molecular formula is C58H84N8O12. The van der Waals surface area contributed by atoms with E-state index in [0.717, 1.165) is 22.3 Å². The molecule has 0 bridgehead atoms. The zero-order valence-electron chi connectivity index (χ0n) is 46.2. The Labute approximate surface area is 460 Å². The van der Waals surface area contributed by atoms with Gasteiger partial charge in [-0.1, -0.05) is 121 Å². The summed E-state index contributed by atoms with van der Waals surface area (Å²) < 4.78 is 32.2. The lowest BCUT2D eigenvalue weighted by atomic mass is 9.98. The number of rotatable bonds is 28. The van der Waals surface area contributed by atoms with Crippen molar-refractivity contribution >= 4 is 36.6 Å². The summed E-state index contributed by atoms with van der Waals surface area (Å²) >= 11 is 0. The highest BCUT2D eigenvalue weighted by Crippen LogP contribution is 2.15. The van der Waals surface area contributed by atoms with Crippen LogP contribution in [0.15, 0.2) is 121 Å². The van der Waals surface area contributed by atoms with E-state index in [2.05, 4.69) is 31.9 Å². The first-order valence-electron chi connectivity index (χ1n) is 26.5. The number of amides is 6. The summed E-state index contributed by atoms with van der Waals surface area (Å²) in [4.78, 5) is 75.0. The first-order valence-corrected chi connectivity index (χ1v) is 26.5. The van der Waals surface area contributed by atoms with E-state index in [9.17, 15) is 28.8 Å². The third kappa shape index (κ3) is 30.8. The molecule has 4 aromatic carbocycles. The number of carbonyl (C=O) groups is 6. The highest BCUT2D eigenvalue weighted by Gasteiger charge is 2.28. The third-order valence-electron chi connectivity index (χ3n) is 11.2. The third-order valence-corrected chi connectivity index (χ3v) is 11.2. The van der Waals surface area contributed by atoms with Crippen molar-refractivity contribution in [1.29, 1.82) is 0 Å². The normalized spacial score (nSPS) is 12.5. The molecule has 0 aliphatic carbocycles. The molecule has 20 heteroatoms. The molecular weight excluding hydrogens is 1000 g/mol. The number of carbonyl (C=O) groups excluding carboxylic acids is 6. The fourth-order valence-electron chi connectivity index (χ4n) is 7.49. The molecule has 4 aromatic rings. The Morgan fingerprint density at radius 3 is 0.821 bits per heavy atom. The van der Waals surface area contributed by atoms with Gasteiger partial charge in [-0.05, 0) is 128 Å². The zero-order valence-corrected chi connectivity index (χ0v) is 46.2. The van der Waals surface area contributed by atoms with Crippen LogP contribution in [0.3, 0.4) is 0 Å². The van der Waals surface area contributed by atoms with Crippen LogP contribution < -0.4 is 43.4 Å². The topological polar surface area (TPSA) is 282 Å². The van der Waals surface area contributed by atoms with Crippen LogP contribution in [-0.4, -0.2) is 98.1 Å². The van der Waals surface area contributed by atoms with E-state index in [0.29, 0.717) is 64.5 Å². The van der Waals surface area contributed by atoms with E-state index in [1.54, 1.807) is 41.5 Å². The van der Waals surface area contributed by atoms with E-state index in [1.165, 1.54) is 0 Å². The molecule has 428 valence electrons. The molecule has 0 aliphatic heterocycles. The van der Waals surface area contributed by atoms with Crippen molar-refractivity contribution < 1.29 is 57.2 Å². The van der Waals surface area contributed by atoms with Crippen LogP contribution in [0.5, 0.6) is 0 Å². The lowest BCUT2D eigenvalue weighted by Crippen LogP contribution is -2.52. The predicted octanol–water partition coefficient (Wildman–Crippen LogP) is 9.24. The van der Waals surface area contributed by atoms with Crippen LogP contribution in [0.4, 0.5) is 28.8 Å². The average molecular weight is 1090 g/mol. The van der Waals surface area contributed by atoms with Gasteiger partial charge in [0.1, 0.15) is 37.6 Å². The van der Waals surface area contributed by atoms with Crippen LogP contribution in [0.25, 0.3) is 0 Å². The van der Waals surface area contributed by atoms with Crippen molar-refractivity contribution in [1.82, 2.24) is 31.9 Å². The summed E-state index contributed by atoms with van der Waals surface area (Å²) in [6.45, 7) is 12.6. The van der Waals surface area contributed by atoms with Crippen molar-refractivity contribution in [3.63, 3.8) is 0 Å². The molecule has 78 heavy (non-hydrogen) atoms. The van der Waals surface area contributed by atoms with Crippen molar-refractivity contribution in [2.24, 2.45) is 11.5 Å². The van der Waals surface area contributed by atoms with Crippen molar-refractivity contribution in [2.45, 2.75) is 155 Å². The van der Waals surface area contributed by atoms with E-state index in [1.807, 2.05) is 121 Å². The number of benzene rings is 4. The summed E-state index contributed by atoms with van der Waals surface area (Å²) in [5, 5.41) is 17.0. The standard InChI is InChI=1S/C34H50N4O8.C24H34N4O4/c1-33(2,3)45-29(39)35-21-13-19-27(37-31(41)43-23-25-15-9-7-10-16-25)28(20-14-22-36-30(40)46-34(4,5)6)38-32(42)44-24-26-17-11-8-12-18-26;25-15-7-13-21(27-23(29)31-17-19-9-3-1-4-10-19)22(14-8-16-26)28-24(30)32-18-20-11-5-2-6-12-20/h7-12,15-18,27-28H,13-14,19-24H2,1-6H3,(H,35,39)(H,36,40)(H,37,41)(H,38,42);1-6,9-12,21-22H,7-8,13-18,25-26H2,(H,27,29)(H,28,30). The Bertz CT molecular complexity index is 2160. The summed E-state index contributed by atoms with van der Waals surface area (Å²) in [5.74, 6) is 0. The lowest BCUT2D eigenvalue weighted by Gasteiger charge is -2.29. The monoisotopic (exact) mass is 1080 g/mol. The molecule has 4 atom stereocenters. The molecule has 0 fully saturated rings. The summed E-state index contributed by atoms with van der Waals surface area (Å²) in [6.07, 6.45) is 0.684. The largest absolute Gasteiger partial charge is 0.445 e. The van der Waals surface area contributed by atoms with Gasteiger partial charge >= 0.3 is 36.6 Å². The number of nitrogens with one attached hydrogen (secondary N) is 6. The molecule has 0 aromatic heterocycles. The smallest absolute Gasteiger partial charge is 0.407 e. The molecule has 10 N–H and O–H groups in total. The minimum absolute atomic E-state index is 0.0661. The molecule has 0 saturated heterocycles. The maximum atomic E-state index is 12.9. The van der Waals surface area contributed by atoms with Crippen LogP contribution in [-0.2, 0) is 54.8 Å². The van der Waals surface area contributed by atoms with Gasteiger partial charge in [-0.15, -0.1) is 0 Å². The summed E-state index contributed by atoms with van der Waals surface area (Å²) in [5.41, 5.74) is 13.5. The Balaban J connectivity index is 0.000000437. The fraction of sp³-hybridized carbons (Fsp3) is 0.483. The Morgan fingerprint density at radius 1 is 0.372 bits per heavy atom. The zero-order chi connectivity index (χ0) is 57.0. The van der Waals surface area contributed by atoms with Gasteiger partial charge < -0.3 is 71.8 Å². The number of hydrogen-bond donors (Lipinski definition) is 8. The Morgan fingerprint density at radius 2 is 0.603 bits per heavy atom. The lowest BCUT2D eigenvalue weighted by molar-refractivity contribution is 0.0513. The van der Waals surface area contributed by atoms with E-state index < -0.39 is 59.8 Å². The maximum Gasteiger partial charge on any atom is 0.407 e. The van der Waals surface area contributed by atoms with E-state index in [4.69, 9.17) is 39.9 Å². The highest BCUT2D eigenvalue weighted by atomic mass is 16.6. The van der Waals surface area contributed by atoms with Gasteiger partial charge in [-0.3, -0.25) is 0 Å². The molecule has 0 aliphatic rings. The molecule has 0 radical (unpaired) electrons. The van der Waals surface area contributed by atoms with Gasteiger partial charge in [0.2, 0.25) is 0 Å². The number of alkyl carbamates (subject to hydrolysis) is 6. The first-order chi connectivity index (χ1) is 37.3.